The third-order valence-corrected chi connectivity index (χ3v) is 4.12. The molecule has 1 aromatic heterocycles. The first-order chi connectivity index (χ1) is 10.0. The molecule has 1 heterocycles. The van der Waals surface area contributed by atoms with Crippen molar-refractivity contribution < 1.29 is 9.90 Å². The minimum absolute atomic E-state index is 0.364. The van der Waals surface area contributed by atoms with Crippen LogP contribution in [0.5, 0.6) is 0 Å². The number of nitrogens with two attached hydrogens (primary N) is 1. The van der Waals surface area contributed by atoms with E-state index < -0.39 is 5.97 Å². The summed E-state index contributed by atoms with van der Waals surface area (Å²) in [5.74, 6) is -0.870. The van der Waals surface area contributed by atoms with E-state index in [1.54, 1.807) is 6.07 Å². The Bertz CT molecular complexity index is 671. The standard InChI is InChI=1S/C17H24N2O2/c1-4-5-6-14-12(3)19(8-7-18)16-11(2)9-13(17(20)21)10-15(14)16/h9-10H,4-8,18H2,1-3H3,(H,20,21). The second-order valence-corrected chi connectivity index (χ2v) is 5.60. The van der Waals surface area contributed by atoms with Crippen LogP contribution in [0, 0.1) is 13.8 Å². The van der Waals surface area contributed by atoms with Gasteiger partial charge in [0.25, 0.3) is 0 Å². The maximum absolute atomic E-state index is 11.3. The highest BCUT2D eigenvalue weighted by molar-refractivity contribution is 5.97. The van der Waals surface area contributed by atoms with Crippen LogP contribution in [0.25, 0.3) is 10.9 Å². The summed E-state index contributed by atoms with van der Waals surface area (Å²) in [6, 6.07) is 3.57. The number of hydrogen-bond acceptors (Lipinski definition) is 2. The van der Waals surface area contributed by atoms with E-state index in [4.69, 9.17) is 5.73 Å². The fraction of sp³-hybridized carbons (Fsp3) is 0.471. The van der Waals surface area contributed by atoms with Crippen LogP contribution in [0.15, 0.2) is 12.1 Å². The number of carbonyl (C=O) groups is 1. The van der Waals surface area contributed by atoms with E-state index in [2.05, 4.69) is 18.4 Å². The van der Waals surface area contributed by atoms with E-state index >= 15 is 0 Å². The molecular weight excluding hydrogens is 264 g/mol. The van der Waals surface area contributed by atoms with Gasteiger partial charge in [0.15, 0.2) is 0 Å². The second-order valence-electron chi connectivity index (χ2n) is 5.60. The number of carboxylic acids is 1. The number of benzene rings is 1. The van der Waals surface area contributed by atoms with Crippen LogP contribution in [-0.4, -0.2) is 22.2 Å². The highest BCUT2D eigenvalue weighted by atomic mass is 16.4. The summed E-state index contributed by atoms with van der Waals surface area (Å²) in [7, 11) is 0. The zero-order valence-corrected chi connectivity index (χ0v) is 13.1. The molecule has 0 spiro atoms. The molecule has 0 saturated heterocycles. The summed E-state index contributed by atoms with van der Waals surface area (Å²) in [6.07, 6.45) is 3.22. The lowest BCUT2D eigenvalue weighted by atomic mass is 10.0. The van der Waals surface area contributed by atoms with Gasteiger partial charge in [-0.3, -0.25) is 0 Å². The maximum Gasteiger partial charge on any atom is 0.335 e. The number of rotatable bonds is 6. The van der Waals surface area contributed by atoms with Gasteiger partial charge in [-0.15, -0.1) is 0 Å². The number of aromatic carboxylic acids is 1. The lowest BCUT2D eigenvalue weighted by Crippen LogP contribution is -2.11. The summed E-state index contributed by atoms with van der Waals surface area (Å²) in [5, 5.41) is 10.4. The quantitative estimate of drug-likeness (QED) is 0.857. The van der Waals surface area contributed by atoms with E-state index in [1.165, 1.54) is 11.3 Å². The number of aryl methyl sites for hydroxylation is 2. The molecule has 21 heavy (non-hydrogen) atoms. The Balaban J connectivity index is 2.73. The van der Waals surface area contributed by atoms with Crippen molar-refractivity contribution in [1.82, 2.24) is 4.57 Å². The summed E-state index contributed by atoms with van der Waals surface area (Å²) < 4.78 is 2.24. The zero-order valence-electron chi connectivity index (χ0n) is 13.1. The largest absolute Gasteiger partial charge is 0.478 e. The SMILES string of the molecule is CCCCc1c(C)n(CCN)c2c(C)cc(C(=O)O)cc12. The van der Waals surface area contributed by atoms with Gasteiger partial charge in [0.1, 0.15) is 0 Å². The van der Waals surface area contributed by atoms with Crippen molar-refractivity contribution in [2.45, 2.75) is 46.6 Å². The molecule has 2 rings (SSSR count). The average molecular weight is 288 g/mol. The molecule has 0 amide bonds. The number of carboxylic acid groups (broad SMARTS) is 1. The number of aromatic nitrogens is 1. The molecule has 2 aromatic rings. The molecule has 0 saturated carbocycles. The van der Waals surface area contributed by atoms with Crippen molar-refractivity contribution in [3.8, 4) is 0 Å². The summed E-state index contributed by atoms with van der Waals surface area (Å²) >= 11 is 0. The van der Waals surface area contributed by atoms with E-state index in [0.29, 0.717) is 12.1 Å². The molecule has 4 nitrogen and oxygen atoms in total. The highest BCUT2D eigenvalue weighted by Gasteiger charge is 2.17. The van der Waals surface area contributed by atoms with Crippen LogP contribution in [0.4, 0.5) is 0 Å². The normalized spacial score (nSPS) is 11.2. The molecule has 0 aliphatic rings. The van der Waals surface area contributed by atoms with Crippen LogP contribution in [0.1, 0.15) is 46.9 Å². The van der Waals surface area contributed by atoms with Crippen LogP contribution < -0.4 is 5.73 Å². The lowest BCUT2D eigenvalue weighted by Gasteiger charge is -2.09. The Morgan fingerprint density at radius 2 is 2.05 bits per heavy atom. The third-order valence-electron chi connectivity index (χ3n) is 4.12. The molecule has 0 aliphatic carbocycles. The van der Waals surface area contributed by atoms with Gasteiger partial charge in [-0.05, 0) is 49.9 Å². The predicted octanol–water partition coefficient (Wildman–Crippen LogP) is 3.26. The topological polar surface area (TPSA) is 68.2 Å². The van der Waals surface area contributed by atoms with Crippen LogP contribution in [0.3, 0.4) is 0 Å². The summed E-state index contributed by atoms with van der Waals surface area (Å²) in [5.41, 5.74) is 10.7. The predicted molar refractivity (Wildman–Crippen MR) is 86.0 cm³/mol. The fourth-order valence-corrected chi connectivity index (χ4v) is 3.09. The molecule has 4 heteroatoms. The van der Waals surface area contributed by atoms with Crippen LogP contribution in [-0.2, 0) is 13.0 Å². The van der Waals surface area contributed by atoms with Gasteiger partial charge >= 0.3 is 5.97 Å². The summed E-state index contributed by atoms with van der Waals surface area (Å²) in [4.78, 5) is 11.3. The Morgan fingerprint density at radius 1 is 1.33 bits per heavy atom. The van der Waals surface area contributed by atoms with Crippen molar-refractivity contribution in [2.75, 3.05) is 6.54 Å². The Labute approximate surface area is 125 Å². The fourth-order valence-electron chi connectivity index (χ4n) is 3.09. The first-order valence-corrected chi connectivity index (χ1v) is 7.56. The molecule has 114 valence electrons. The van der Waals surface area contributed by atoms with Gasteiger partial charge in [-0.2, -0.15) is 0 Å². The molecule has 0 fully saturated rings. The van der Waals surface area contributed by atoms with E-state index in [9.17, 15) is 9.90 Å². The van der Waals surface area contributed by atoms with Crippen molar-refractivity contribution in [3.05, 3.63) is 34.5 Å². The molecule has 3 N–H and O–H groups in total. The lowest BCUT2D eigenvalue weighted by molar-refractivity contribution is 0.0697. The number of unbranched alkanes of at least 4 members (excludes halogenated alkanes) is 1. The van der Waals surface area contributed by atoms with E-state index in [-0.39, 0.29) is 0 Å². The van der Waals surface area contributed by atoms with E-state index in [0.717, 1.165) is 42.3 Å². The minimum Gasteiger partial charge on any atom is -0.478 e. The molecule has 0 atom stereocenters. The Kier molecular flexibility index (Phi) is 4.68. The van der Waals surface area contributed by atoms with Crippen molar-refractivity contribution in [2.24, 2.45) is 5.73 Å². The van der Waals surface area contributed by atoms with Gasteiger partial charge in [0.2, 0.25) is 0 Å². The van der Waals surface area contributed by atoms with Gasteiger partial charge in [0, 0.05) is 24.2 Å². The Hall–Kier alpha value is -1.81. The monoisotopic (exact) mass is 288 g/mol. The molecular formula is C17H24N2O2. The second kappa shape index (κ2) is 6.31. The molecule has 0 aliphatic heterocycles. The zero-order chi connectivity index (χ0) is 15.6. The minimum atomic E-state index is -0.870. The van der Waals surface area contributed by atoms with Crippen LogP contribution in [0.2, 0.25) is 0 Å². The van der Waals surface area contributed by atoms with Crippen molar-refractivity contribution >= 4 is 16.9 Å². The van der Waals surface area contributed by atoms with Gasteiger partial charge in [-0.1, -0.05) is 13.3 Å². The highest BCUT2D eigenvalue weighted by Crippen LogP contribution is 2.31. The maximum atomic E-state index is 11.3. The van der Waals surface area contributed by atoms with Gasteiger partial charge < -0.3 is 15.4 Å². The molecule has 0 unspecified atom stereocenters. The molecule has 0 radical (unpaired) electrons. The first kappa shape index (κ1) is 15.6. The van der Waals surface area contributed by atoms with Crippen molar-refractivity contribution in [1.29, 1.82) is 0 Å². The average Bonchev–Trinajstić information content (AvgIpc) is 2.70. The van der Waals surface area contributed by atoms with E-state index in [1.807, 2.05) is 13.0 Å². The third kappa shape index (κ3) is 2.81. The first-order valence-electron chi connectivity index (χ1n) is 7.56. The number of fused-ring (bicyclic) bond motifs is 1. The smallest absolute Gasteiger partial charge is 0.335 e. The van der Waals surface area contributed by atoms with Gasteiger partial charge in [0.05, 0.1) is 11.1 Å². The molecule has 0 bridgehead atoms. The van der Waals surface area contributed by atoms with Gasteiger partial charge in [-0.25, -0.2) is 4.79 Å². The van der Waals surface area contributed by atoms with Crippen molar-refractivity contribution in [3.63, 3.8) is 0 Å². The summed E-state index contributed by atoms with van der Waals surface area (Å²) in [6.45, 7) is 7.60. The number of hydrogen-bond donors (Lipinski definition) is 2. The molecule has 1 aromatic carbocycles. The Morgan fingerprint density at radius 3 is 2.62 bits per heavy atom. The van der Waals surface area contributed by atoms with Crippen LogP contribution >= 0.6 is 0 Å². The number of nitrogens with zero attached hydrogens (tertiary/aromatic N) is 1.